The van der Waals surface area contributed by atoms with Gasteiger partial charge in [0, 0.05) is 6.04 Å². The molecule has 7 heteroatoms. The van der Waals surface area contributed by atoms with E-state index in [0.29, 0.717) is 19.1 Å². The maximum atomic E-state index is 12.6. The number of rotatable bonds is 3. The number of ether oxygens (including phenoxy) is 1. The van der Waals surface area contributed by atoms with Crippen LogP contribution in [-0.4, -0.2) is 36.2 Å². The molecule has 114 valence electrons. The fraction of sp³-hybridized carbons (Fsp3) is 0.500. The molecule has 0 aromatic heterocycles. The maximum absolute atomic E-state index is 12.6. The molecule has 1 heterocycles. The quantitative estimate of drug-likeness (QED) is 0.932. The predicted octanol–water partition coefficient (Wildman–Crippen LogP) is 2.64. The van der Waals surface area contributed by atoms with Crippen LogP contribution >= 0.6 is 0 Å². The minimum absolute atomic E-state index is 0.124. The summed E-state index contributed by atoms with van der Waals surface area (Å²) in [7, 11) is 0. The van der Waals surface area contributed by atoms with E-state index < -0.39 is 11.7 Å². The van der Waals surface area contributed by atoms with Crippen LogP contribution in [0.15, 0.2) is 24.3 Å². The van der Waals surface area contributed by atoms with E-state index in [9.17, 15) is 18.0 Å². The SMILES string of the molecule is O=C(NC1CC1)N1CC(Oc2cccc(C(F)(F)F)c2)C1. The van der Waals surface area contributed by atoms with Crippen molar-refractivity contribution < 1.29 is 22.7 Å². The number of likely N-dealkylation sites (tertiary alicyclic amines) is 1. The van der Waals surface area contributed by atoms with Crippen LogP contribution in [0.5, 0.6) is 5.75 Å². The fourth-order valence-electron chi connectivity index (χ4n) is 2.11. The number of amides is 2. The lowest BCUT2D eigenvalue weighted by atomic mass is 10.1. The number of carbonyl (C=O) groups excluding carboxylic acids is 1. The summed E-state index contributed by atoms with van der Waals surface area (Å²) in [4.78, 5) is 13.3. The second kappa shape index (κ2) is 5.13. The van der Waals surface area contributed by atoms with Crippen molar-refractivity contribution in [3.05, 3.63) is 29.8 Å². The summed E-state index contributed by atoms with van der Waals surface area (Å²) in [5.74, 6) is 0.178. The largest absolute Gasteiger partial charge is 0.487 e. The van der Waals surface area contributed by atoms with E-state index in [0.717, 1.165) is 25.0 Å². The molecule has 1 aliphatic carbocycles. The molecular formula is C14H15F3N2O2. The van der Waals surface area contributed by atoms with Crippen molar-refractivity contribution in [3.8, 4) is 5.75 Å². The number of nitrogens with one attached hydrogen (secondary N) is 1. The van der Waals surface area contributed by atoms with Crippen molar-refractivity contribution in [1.82, 2.24) is 10.2 Å². The molecule has 0 radical (unpaired) electrons. The Kier molecular flexibility index (Phi) is 3.43. The third-order valence-corrected chi connectivity index (χ3v) is 3.50. The topological polar surface area (TPSA) is 41.6 Å². The van der Waals surface area contributed by atoms with Gasteiger partial charge in [-0.25, -0.2) is 4.79 Å². The highest BCUT2D eigenvalue weighted by molar-refractivity contribution is 5.75. The number of hydrogen-bond acceptors (Lipinski definition) is 2. The number of nitrogens with zero attached hydrogens (tertiary/aromatic N) is 1. The third-order valence-electron chi connectivity index (χ3n) is 3.50. The van der Waals surface area contributed by atoms with Crippen LogP contribution in [0.3, 0.4) is 0 Å². The monoisotopic (exact) mass is 300 g/mol. The van der Waals surface area contributed by atoms with Crippen molar-refractivity contribution in [1.29, 1.82) is 0 Å². The van der Waals surface area contributed by atoms with Crippen LogP contribution in [0.2, 0.25) is 0 Å². The lowest BCUT2D eigenvalue weighted by Gasteiger charge is -2.38. The summed E-state index contributed by atoms with van der Waals surface area (Å²) in [6, 6.07) is 4.95. The zero-order valence-corrected chi connectivity index (χ0v) is 11.2. The van der Waals surface area contributed by atoms with Gasteiger partial charge < -0.3 is 15.0 Å². The van der Waals surface area contributed by atoms with Crippen molar-refractivity contribution in [2.75, 3.05) is 13.1 Å². The number of alkyl halides is 3. The van der Waals surface area contributed by atoms with Crippen LogP contribution in [-0.2, 0) is 6.18 Å². The molecule has 1 saturated heterocycles. The van der Waals surface area contributed by atoms with Crippen LogP contribution < -0.4 is 10.1 Å². The van der Waals surface area contributed by atoms with Crippen LogP contribution in [0.4, 0.5) is 18.0 Å². The first kappa shape index (κ1) is 14.0. The van der Waals surface area contributed by atoms with Gasteiger partial charge in [-0.05, 0) is 31.0 Å². The molecule has 1 aliphatic heterocycles. The van der Waals surface area contributed by atoms with Gasteiger partial charge in [0.2, 0.25) is 0 Å². The van der Waals surface area contributed by atoms with Crippen molar-refractivity contribution in [2.24, 2.45) is 0 Å². The zero-order chi connectivity index (χ0) is 15.0. The Morgan fingerprint density at radius 3 is 2.62 bits per heavy atom. The summed E-state index contributed by atoms with van der Waals surface area (Å²) in [6.07, 6.45) is -2.60. The van der Waals surface area contributed by atoms with Gasteiger partial charge in [-0.2, -0.15) is 13.2 Å². The number of benzene rings is 1. The lowest BCUT2D eigenvalue weighted by Crippen LogP contribution is -2.59. The number of urea groups is 1. The Hall–Kier alpha value is -1.92. The molecule has 2 aliphatic rings. The molecule has 0 bridgehead atoms. The minimum Gasteiger partial charge on any atom is -0.487 e. The van der Waals surface area contributed by atoms with Gasteiger partial charge in [-0.15, -0.1) is 0 Å². The number of carbonyl (C=O) groups is 1. The molecule has 0 spiro atoms. The average molecular weight is 300 g/mol. The van der Waals surface area contributed by atoms with Gasteiger partial charge in [-0.1, -0.05) is 6.07 Å². The molecule has 1 aromatic rings. The molecule has 21 heavy (non-hydrogen) atoms. The Morgan fingerprint density at radius 2 is 2.00 bits per heavy atom. The summed E-state index contributed by atoms with van der Waals surface area (Å²) in [5, 5.41) is 2.85. The van der Waals surface area contributed by atoms with Crippen molar-refractivity contribution in [2.45, 2.75) is 31.2 Å². The van der Waals surface area contributed by atoms with E-state index in [4.69, 9.17) is 4.74 Å². The fourth-order valence-corrected chi connectivity index (χ4v) is 2.11. The van der Waals surface area contributed by atoms with Crippen LogP contribution in [0.1, 0.15) is 18.4 Å². The van der Waals surface area contributed by atoms with Gasteiger partial charge in [0.05, 0.1) is 18.7 Å². The Bertz CT molecular complexity index is 537. The van der Waals surface area contributed by atoms with E-state index in [1.54, 1.807) is 4.90 Å². The van der Waals surface area contributed by atoms with E-state index >= 15 is 0 Å². The first-order valence-corrected chi connectivity index (χ1v) is 6.81. The highest BCUT2D eigenvalue weighted by atomic mass is 19.4. The smallest absolute Gasteiger partial charge is 0.416 e. The van der Waals surface area contributed by atoms with E-state index in [1.165, 1.54) is 12.1 Å². The van der Waals surface area contributed by atoms with Crippen LogP contribution in [0.25, 0.3) is 0 Å². The Labute approximate surface area is 119 Å². The Balaban J connectivity index is 1.51. The van der Waals surface area contributed by atoms with Gasteiger partial charge in [0.1, 0.15) is 11.9 Å². The zero-order valence-electron chi connectivity index (χ0n) is 11.2. The first-order chi connectivity index (χ1) is 9.91. The normalized spacial score (nSPS) is 19.1. The van der Waals surface area contributed by atoms with Crippen LogP contribution in [0, 0.1) is 0 Å². The summed E-state index contributed by atoms with van der Waals surface area (Å²) in [6.45, 7) is 0.795. The molecule has 0 unspecified atom stereocenters. The van der Waals surface area contributed by atoms with Gasteiger partial charge >= 0.3 is 12.2 Å². The van der Waals surface area contributed by atoms with E-state index in [-0.39, 0.29) is 17.9 Å². The third kappa shape index (κ3) is 3.40. The highest BCUT2D eigenvalue weighted by Crippen LogP contribution is 2.32. The van der Waals surface area contributed by atoms with E-state index in [2.05, 4.69) is 5.32 Å². The Morgan fingerprint density at radius 1 is 1.29 bits per heavy atom. The molecule has 2 amide bonds. The maximum Gasteiger partial charge on any atom is 0.416 e. The minimum atomic E-state index is -4.38. The average Bonchev–Trinajstić information content (AvgIpc) is 3.16. The summed E-state index contributed by atoms with van der Waals surface area (Å²) in [5.41, 5.74) is -0.734. The summed E-state index contributed by atoms with van der Waals surface area (Å²) >= 11 is 0. The molecule has 3 rings (SSSR count). The van der Waals surface area contributed by atoms with E-state index in [1.807, 2.05) is 0 Å². The molecule has 4 nitrogen and oxygen atoms in total. The summed E-state index contributed by atoms with van der Waals surface area (Å²) < 4.78 is 43.2. The second-order valence-corrected chi connectivity index (χ2v) is 5.39. The first-order valence-electron chi connectivity index (χ1n) is 6.81. The molecule has 1 aromatic carbocycles. The second-order valence-electron chi connectivity index (χ2n) is 5.39. The number of halogens is 3. The molecule has 0 atom stereocenters. The van der Waals surface area contributed by atoms with Gasteiger partial charge in [-0.3, -0.25) is 0 Å². The van der Waals surface area contributed by atoms with Gasteiger partial charge in [0.25, 0.3) is 0 Å². The standard InChI is InChI=1S/C14H15F3N2O2/c15-14(16,17)9-2-1-3-11(6-9)21-12-7-19(8-12)13(20)18-10-4-5-10/h1-3,6,10,12H,4-5,7-8H2,(H,18,20). The molecular weight excluding hydrogens is 285 g/mol. The molecule has 1 saturated carbocycles. The predicted molar refractivity (Wildman–Crippen MR) is 69.0 cm³/mol. The lowest BCUT2D eigenvalue weighted by molar-refractivity contribution is -0.137. The van der Waals surface area contributed by atoms with Crippen molar-refractivity contribution in [3.63, 3.8) is 0 Å². The highest BCUT2D eigenvalue weighted by Gasteiger charge is 2.35. The number of hydrogen-bond donors (Lipinski definition) is 1. The molecule has 2 fully saturated rings. The van der Waals surface area contributed by atoms with Gasteiger partial charge in [0.15, 0.2) is 0 Å². The molecule has 1 N–H and O–H groups in total. The van der Waals surface area contributed by atoms with Crippen molar-refractivity contribution >= 4 is 6.03 Å².